The van der Waals surface area contributed by atoms with Crippen LogP contribution in [0.2, 0.25) is 0 Å². The Morgan fingerprint density at radius 3 is 2.43 bits per heavy atom. The normalized spacial score (nSPS) is 12.3. The van der Waals surface area contributed by atoms with Gasteiger partial charge in [-0.2, -0.15) is 0 Å². The van der Waals surface area contributed by atoms with E-state index in [2.05, 4.69) is 24.4 Å². The monoisotopic (exact) mass is 289 g/mol. The number of halogens is 2. The molecular weight excluding hydrogens is 268 g/mol. The summed E-state index contributed by atoms with van der Waals surface area (Å²) < 4.78 is 26.4. The van der Waals surface area contributed by atoms with Crippen LogP contribution in [0.3, 0.4) is 0 Å². The molecule has 0 fully saturated rings. The summed E-state index contributed by atoms with van der Waals surface area (Å²) in [5.74, 6) is -1.32. The van der Waals surface area contributed by atoms with Gasteiger partial charge in [-0.3, -0.25) is 0 Å². The lowest BCUT2D eigenvalue weighted by molar-refractivity contribution is 0.505. The predicted molar refractivity (Wildman–Crippen MR) is 82.4 cm³/mol. The number of nitrogens with one attached hydrogen (secondary N) is 1. The molecule has 2 aromatic carbocycles. The molecule has 0 radical (unpaired) electrons. The summed E-state index contributed by atoms with van der Waals surface area (Å²) in [6, 6.07) is 14.3. The van der Waals surface area contributed by atoms with Crippen molar-refractivity contribution in [1.82, 2.24) is 5.32 Å². The van der Waals surface area contributed by atoms with Crippen molar-refractivity contribution in [3.8, 4) is 0 Å². The SMILES string of the molecule is CCCNCC(Cc1ccc(F)c(F)c1)c1ccccc1. The highest BCUT2D eigenvalue weighted by Crippen LogP contribution is 2.21. The Kier molecular flexibility index (Phi) is 5.88. The highest BCUT2D eigenvalue weighted by atomic mass is 19.2. The second-order valence-electron chi connectivity index (χ2n) is 5.26. The van der Waals surface area contributed by atoms with Gasteiger partial charge in [0.2, 0.25) is 0 Å². The maximum atomic E-state index is 13.3. The zero-order valence-electron chi connectivity index (χ0n) is 12.3. The highest BCUT2D eigenvalue weighted by molar-refractivity contribution is 5.25. The lowest BCUT2D eigenvalue weighted by Crippen LogP contribution is -2.23. The fraction of sp³-hybridized carbons (Fsp3) is 0.333. The van der Waals surface area contributed by atoms with E-state index in [1.165, 1.54) is 17.7 Å². The topological polar surface area (TPSA) is 12.0 Å². The van der Waals surface area contributed by atoms with Crippen molar-refractivity contribution in [1.29, 1.82) is 0 Å². The molecule has 3 heteroatoms. The first-order chi connectivity index (χ1) is 10.2. The number of rotatable bonds is 7. The van der Waals surface area contributed by atoms with Crippen molar-refractivity contribution in [2.75, 3.05) is 13.1 Å². The molecule has 0 saturated carbocycles. The molecule has 0 amide bonds. The summed E-state index contributed by atoms with van der Waals surface area (Å²) in [5.41, 5.74) is 2.03. The van der Waals surface area contributed by atoms with Crippen molar-refractivity contribution in [2.24, 2.45) is 0 Å². The molecule has 0 aliphatic heterocycles. The molecule has 0 saturated heterocycles. The molecule has 21 heavy (non-hydrogen) atoms. The van der Waals surface area contributed by atoms with Gasteiger partial charge in [-0.05, 0) is 42.6 Å². The molecular formula is C18H21F2N. The Morgan fingerprint density at radius 1 is 1.00 bits per heavy atom. The molecule has 112 valence electrons. The summed E-state index contributed by atoms with van der Waals surface area (Å²) in [6.07, 6.45) is 1.77. The van der Waals surface area contributed by atoms with Gasteiger partial charge in [0.05, 0.1) is 0 Å². The van der Waals surface area contributed by atoms with Crippen LogP contribution in [-0.2, 0) is 6.42 Å². The molecule has 0 aliphatic rings. The molecule has 0 aliphatic carbocycles. The van der Waals surface area contributed by atoms with Gasteiger partial charge >= 0.3 is 0 Å². The van der Waals surface area contributed by atoms with Crippen molar-refractivity contribution in [2.45, 2.75) is 25.7 Å². The molecule has 1 N–H and O–H groups in total. The van der Waals surface area contributed by atoms with Crippen LogP contribution >= 0.6 is 0 Å². The summed E-state index contributed by atoms with van der Waals surface area (Å²) in [4.78, 5) is 0. The van der Waals surface area contributed by atoms with E-state index in [0.29, 0.717) is 6.42 Å². The molecule has 2 rings (SSSR count). The Labute approximate surface area is 125 Å². The average molecular weight is 289 g/mol. The van der Waals surface area contributed by atoms with E-state index in [9.17, 15) is 8.78 Å². The second-order valence-corrected chi connectivity index (χ2v) is 5.26. The fourth-order valence-electron chi connectivity index (χ4n) is 2.44. The Bertz CT molecular complexity index is 554. The van der Waals surface area contributed by atoms with Crippen LogP contribution in [0.1, 0.15) is 30.4 Å². The predicted octanol–water partition coefficient (Wildman–Crippen LogP) is 4.29. The summed E-state index contributed by atoms with van der Waals surface area (Å²) in [5, 5.41) is 3.41. The molecule has 0 bridgehead atoms. The number of benzene rings is 2. The minimum Gasteiger partial charge on any atom is -0.316 e. The molecule has 0 heterocycles. The average Bonchev–Trinajstić information content (AvgIpc) is 2.51. The second kappa shape index (κ2) is 7.89. The zero-order chi connectivity index (χ0) is 15.1. The minimum absolute atomic E-state index is 0.252. The molecule has 0 aromatic heterocycles. The quantitative estimate of drug-likeness (QED) is 0.750. The largest absolute Gasteiger partial charge is 0.316 e. The van der Waals surface area contributed by atoms with Crippen molar-refractivity contribution in [3.05, 3.63) is 71.3 Å². The van der Waals surface area contributed by atoms with Gasteiger partial charge in [0.25, 0.3) is 0 Å². The van der Waals surface area contributed by atoms with E-state index < -0.39 is 11.6 Å². The third-order valence-corrected chi connectivity index (χ3v) is 3.55. The zero-order valence-corrected chi connectivity index (χ0v) is 12.3. The van der Waals surface area contributed by atoms with Crippen LogP contribution in [0.25, 0.3) is 0 Å². The maximum Gasteiger partial charge on any atom is 0.159 e. The summed E-state index contributed by atoms with van der Waals surface area (Å²) in [7, 11) is 0. The van der Waals surface area contributed by atoms with Gasteiger partial charge in [0, 0.05) is 12.5 Å². The van der Waals surface area contributed by atoms with Crippen molar-refractivity contribution >= 4 is 0 Å². The van der Waals surface area contributed by atoms with E-state index in [1.807, 2.05) is 18.2 Å². The Hall–Kier alpha value is -1.74. The molecule has 1 nitrogen and oxygen atoms in total. The standard InChI is InChI=1S/C18H21F2N/c1-2-10-21-13-16(15-6-4-3-5-7-15)11-14-8-9-17(19)18(20)12-14/h3-9,12,16,21H,2,10-11,13H2,1H3. The van der Waals surface area contributed by atoms with Gasteiger partial charge in [-0.15, -0.1) is 0 Å². The molecule has 1 atom stereocenters. The van der Waals surface area contributed by atoms with Crippen molar-refractivity contribution < 1.29 is 8.78 Å². The molecule has 1 unspecified atom stereocenters. The van der Waals surface area contributed by atoms with Crippen LogP contribution in [0, 0.1) is 11.6 Å². The summed E-state index contributed by atoms with van der Waals surface area (Å²) in [6.45, 7) is 3.91. The smallest absolute Gasteiger partial charge is 0.159 e. The maximum absolute atomic E-state index is 13.3. The molecule has 0 spiro atoms. The van der Waals surface area contributed by atoms with Crippen LogP contribution in [-0.4, -0.2) is 13.1 Å². The van der Waals surface area contributed by atoms with Gasteiger partial charge in [0.1, 0.15) is 0 Å². The van der Waals surface area contributed by atoms with E-state index >= 15 is 0 Å². The van der Waals surface area contributed by atoms with Gasteiger partial charge in [-0.25, -0.2) is 8.78 Å². The van der Waals surface area contributed by atoms with E-state index in [-0.39, 0.29) is 5.92 Å². The number of hydrogen-bond acceptors (Lipinski definition) is 1. The Balaban J connectivity index is 2.13. The van der Waals surface area contributed by atoms with Crippen LogP contribution in [0.15, 0.2) is 48.5 Å². The lowest BCUT2D eigenvalue weighted by Gasteiger charge is -2.18. The fourth-order valence-corrected chi connectivity index (χ4v) is 2.44. The summed E-state index contributed by atoms with van der Waals surface area (Å²) >= 11 is 0. The van der Waals surface area contributed by atoms with Crippen molar-refractivity contribution in [3.63, 3.8) is 0 Å². The van der Waals surface area contributed by atoms with E-state index in [1.54, 1.807) is 6.07 Å². The van der Waals surface area contributed by atoms with Crippen LogP contribution in [0.4, 0.5) is 8.78 Å². The van der Waals surface area contributed by atoms with E-state index in [0.717, 1.165) is 25.1 Å². The minimum atomic E-state index is -0.792. The van der Waals surface area contributed by atoms with Gasteiger partial charge in [-0.1, -0.05) is 43.3 Å². The lowest BCUT2D eigenvalue weighted by atomic mass is 9.92. The van der Waals surface area contributed by atoms with Gasteiger partial charge in [0.15, 0.2) is 11.6 Å². The first-order valence-electron chi connectivity index (χ1n) is 7.40. The first-order valence-corrected chi connectivity index (χ1v) is 7.40. The van der Waals surface area contributed by atoms with Crippen LogP contribution < -0.4 is 5.32 Å². The first kappa shape index (κ1) is 15.6. The number of hydrogen-bond donors (Lipinski definition) is 1. The van der Waals surface area contributed by atoms with Gasteiger partial charge < -0.3 is 5.32 Å². The Morgan fingerprint density at radius 2 is 1.76 bits per heavy atom. The third kappa shape index (κ3) is 4.64. The highest BCUT2D eigenvalue weighted by Gasteiger charge is 2.13. The van der Waals surface area contributed by atoms with Crippen LogP contribution in [0.5, 0.6) is 0 Å². The third-order valence-electron chi connectivity index (χ3n) is 3.55. The van der Waals surface area contributed by atoms with E-state index in [4.69, 9.17) is 0 Å². The molecule has 2 aromatic rings.